The number of amides is 1. The predicted molar refractivity (Wildman–Crippen MR) is 135 cm³/mol. The fraction of sp³-hybridized carbons (Fsp3) is 0.292. The first kappa shape index (κ1) is 23.5. The molecule has 33 heavy (non-hydrogen) atoms. The number of para-hydroxylation sites is 1. The number of benzene rings is 2. The lowest BCUT2D eigenvalue weighted by atomic mass is 10.0. The lowest BCUT2D eigenvalue weighted by Crippen LogP contribution is -2.18. The van der Waals surface area contributed by atoms with E-state index in [2.05, 4.69) is 38.5 Å². The number of nitrogens with zero attached hydrogens (tertiary/aromatic N) is 2. The summed E-state index contributed by atoms with van der Waals surface area (Å²) in [5.41, 5.74) is 4.80. The van der Waals surface area contributed by atoms with Gasteiger partial charge in [-0.3, -0.25) is 4.79 Å². The number of hydrogen-bond donors (Lipinski definition) is 2. The Labute approximate surface area is 206 Å². The highest BCUT2D eigenvalue weighted by atomic mass is 79.9. The minimum atomic E-state index is 0.0577. The van der Waals surface area contributed by atoms with E-state index in [9.17, 15) is 4.79 Å². The van der Waals surface area contributed by atoms with Gasteiger partial charge in [0, 0.05) is 41.8 Å². The van der Waals surface area contributed by atoms with E-state index >= 15 is 0 Å². The monoisotopic (exact) mass is 528 g/mol. The van der Waals surface area contributed by atoms with Gasteiger partial charge in [0.1, 0.15) is 0 Å². The van der Waals surface area contributed by atoms with Crippen LogP contribution in [0.2, 0.25) is 0 Å². The van der Waals surface area contributed by atoms with E-state index in [0.717, 1.165) is 57.7 Å². The van der Waals surface area contributed by atoms with Crippen molar-refractivity contribution in [2.75, 3.05) is 16.4 Å². The van der Waals surface area contributed by atoms with E-state index in [1.165, 1.54) is 12.0 Å². The van der Waals surface area contributed by atoms with Crippen molar-refractivity contribution in [3.63, 3.8) is 0 Å². The molecule has 2 N–H and O–H groups in total. The van der Waals surface area contributed by atoms with Gasteiger partial charge in [0.2, 0.25) is 11.9 Å². The van der Waals surface area contributed by atoms with Crippen molar-refractivity contribution in [3.8, 4) is 5.75 Å². The largest absolute Gasteiger partial charge is 0.326 e. The molecule has 2 heterocycles. The first-order valence-electron chi connectivity index (χ1n) is 10.9. The highest BCUT2D eigenvalue weighted by Gasteiger charge is 2.15. The smallest absolute Gasteiger partial charge is 0.227 e. The Morgan fingerprint density at radius 1 is 1.18 bits per heavy atom. The number of fused-ring (bicyclic) bond motifs is 1. The highest BCUT2D eigenvalue weighted by Crippen LogP contribution is 2.28. The Morgan fingerprint density at radius 2 is 2.06 bits per heavy atom. The molecule has 9 heteroatoms. The molecule has 172 valence electrons. The van der Waals surface area contributed by atoms with Gasteiger partial charge in [0.05, 0.1) is 10.2 Å². The molecule has 2 aromatic carbocycles. The Bertz CT molecular complexity index is 1130. The summed E-state index contributed by atoms with van der Waals surface area (Å²) in [6.07, 6.45) is 5.46. The van der Waals surface area contributed by atoms with Gasteiger partial charge in [-0.05, 0) is 77.0 Å². The second-order valence-electron chi connectivity index (χ2n) is 7.61. The van der Waals surface area contributed by atoms with Crippen molar-refractivity contribution < 1.29 is 14.0 Å². The summed E-state index contributed by atoms with van der Waals surface area (Å²) in [6, 6.07) is 13.7. The fourth-order valence-electron chi connectivity index (χ4n) is 3.45. The first-order valence-corrected chi connectivity index (χ1v) is 12.6. The maximum Gasteiger partial charge on any atom is 0.227 e. The molecule has 0 saturated carbocycles. The number of hydrogen-bond acceptors (Lipinski definition) is 7. The molecule has 1 aliphatic rings. The Hall–Kier alpha value is -2.62. The number of halogens is 1. The second-order valence-corrected chi connectivity index (χ2v) is 9.25. The lowest BCUT2D eigenvalue weighted by Gasteiger charge is -2.18. The number of aromatic nitrogens is 2. The first-order chi connectivity index (χ1) is 16.1. The average Bonchev–Trinajstić information content (AvgIpc) is 2.83. The molecule has 7 nitrogen and oxygen atoms in total. The minimum Gasteiger partial charge on any atom is -0.326 e. The summed E-state index contributed by atoms with van der Waals surface area (Å²) in [4.78, 5) is 26.2. The van der Waals surface area contributed by atoms with Crippen molar-refractivity contribution in [2.24, 2.45) is 0 Å². The zero-order chi connectivity index (χ0) is 23.0. The quantitative estimate of drug-likeness (QED) is 0.144. The van der Waals surface area contributed by atoms with E-state index in [1.807, 2.05) is 42.5 Å². The maximum absolute atomic E-state index is 11.6. The highest BCUT2D eigenvalue weighted by molar-refractivity contribution is 9.10. The van der Waals surface area contributed by atoms with Crippen LogP contribution in [0.3, 0.4) is 0 Å². The number of anilines is 3. The van der Waals surface area contributed by atoms with E-state index in [-0.39, 0.29) is 5.91 Å². The number of carbonyl (C=O) groups is 1. The molecule has 0 spiro atoms. The molecule has 4 rings (SSSR count). The van der Waals surface area contributed by atoms with Crippen LogP contribution in [-0.4, -0.2) is 21.6 Å². The molecular formula is C24H25BrN4O3S. The van der Waals surface area contributed by atoms with E-state index in [4.69, 9.17) is 14.2 Å². The molecule has 1 amide bonds. The summed E-state index contributed by atoms with van der Waals surface area (Å²) in [7, 11) is 0. The Kier molecular flexibility index (Phi) is 8.20. The van der Waals surface area contributed by atoms with E-state index in [1.54, 1.807) is 6.20 Å². The van der Waals surface area contributed by atoms with Gasteiger partial charge >= 0.3 is 0 Å². The summed E-state index contributed by atoms with van der Waals surface area (Å²) in [5, 5.41) is 6.18. The van der Waals surface area contributed by atoms with Crippen molar-refractivity contribution in [3.05, 3.63) is 70.0 Å². The lowest BCUT2D eigenvalue weighted by molar-refractivity contribution is -0.116. The van der Waals surface area contributed by atoms with Gasteiger partial charge < -0.3 is 15.5 Å². The minimum absolute atomic E-state index is 0.0577. The van der Waals surface area contributed by atoms with Crippen LogP contribution in [0.25, 0.3) is 0 Å². The predicted octanol–water partition coefficient (Wildman–Crippen LogP) is 6.02. The van der Waals surface area contributed by atoms with Gasteiger partial charge in [-0.15, -0.1) is 4.33 Å². The maximum atomic E-state index is 11.6. The van der Waals surface area contributed by atoms with Crippen LogP contribution < -0.4 is 15.5 Å². The molecule has 0 bridgehead atoms. The van der Waals surface area contributed by atoms with Crippen molar-refractivity contribution in [1.82, 2.24) is 9.97 Å². The van der Waals surface area contributed by atoms with Crippen LogP contribution >= 0.6 is 28.0 Å². The van der Waals surface area contributed by atoms with E-state index < -0.39 is 0 Å². The zero-order valence-corrected chi connectivity index (χ0v) is 20.7. The van der Waals surface area contributed by atoms with E-state index in [0.29, 0.717) is 24.5 Å². The number of aryl methyl sites for hydroxylation is 3. The third-order valence-corrected chi connectivity index (χ3v) is 6.54. The van der Waals surface area contributed by atoms with Crippen LogP contribution in [0.4, 0.5) is 17.3 Å². The second kappa shape index (κ2) is 11.5. The molecule has 0 unspecified atom stereocenters. The van der Waals surface area contributed by atoms with Crippen LogP contribution in [0.15, 0.2) is 53.1 Å². The summed E-state index contributed by atoms with van der Waals surface area (Å²) < 4.78 is 6.11. The third-order valence-electron chi connectivity index (χ3n) is 5.14. The van der Waals surface area contributed by atoms with Gasteiger partial charge in [-0.25, -0.2) is 9.97 Å². The molecule has 3 aromatic rings. The summed E-state index contributed by atoms with van der Waals surface area (Å²) in [6.45, 7) is 2.10. The third kappa shape index (κ3) is 6.46. The number of carbonyl (C=O) groups excluding carboxylic acids is 1. The van der Waals surface area contributed by atoms with Crippen molar-refractivity contribution >= 4 is 51.2 Å². The number of nitrogens with one attached hydrogen (secondary N) is 2. The van der Waals surface area contributed by atoms with Crippen LogP contribution in [0.5, 0.6) is 5.75 Å². The standard InChI is InChI=1S/C24H25BrN4O3S/c1-2-13-33-32-31-22-6-4-3-5-16(22)7-10-21-19(25)15-26-24(29-21)27-18-9-11-20-17(14-18)8-12-23(30)28-20/h3-6,9,11,14-15H,2,7-8,10,12-13H2,1H3,(H,28,30)(H,26,27,29). The van der Waals surface area contributed by atoms with Gasteiger partial charge in [0.25, 0.3) is 0 Å². The van der Waals surface area contributed by atoms with Crippen molar-refractivity contribution in [2.45, 2.75) is 39.0 Å². The Balaban J connectivity index is 1.42. The summed E-state index contributed by atoms with van der Waals surface area (Å²) in [5.74, 6) is 2.18. The molecule has 1 aromatic heterocycles. The molecule has 1 aliphatic heterocycles. The van der Waals surface area contributed by atoms with Crippen molar-refractivity contribution in [1.29, 1.82) is 0 Å². The zero-order valence-electron chi connectivity index (χ0n) is 18.3. The van der Waals surface area contributed by atoms with Gasteiger partial charge in [-0.2, -0.15) is 0 Å². The van der Waals surface area contributed by atoms with Crippen LogP contribution in [-0.2, 0) is 28.4 Å². The van der Waals surface area contributed by atoms with Gasteiger partial charge in [0.15, 0.2) is 5.75 Å². The molecular weight excluding hydrogens is 504 g/mol. The molecule has 0 saturated heterocycles. The topological polar surface area (TPSA) is 85.4 Å². The Morgan fingerprint density at radius 3 is 2.94 bits per heavy atom. The average molecular weight is 529 g/mol. The SMILES string of the molecule is CCCSOOc1ccccc1CCc1nc(Nc2ccc3c(c2)CCC(=O)N3)ncc1Br. The molecule has 0 atom stereocenters. The molecule has 0 aliphatic carbocycles. The number of rotatable bonds is 10. The van der Waals surface area contributed by atoms with Crippen LogP contribution in [0, 0.1) is 0 Å². The summed E-state index contributed by atoms with van der Waals surface area (Å²) >= 11 is 4.88. The molecule has 0 fully saturated rings. The normalized spacial score (nSPS) is 12.7. The molecule has 0 radical (unpaired) electrons. The van der Waals surface area contributed by atoms with Gasteiger partial charge in [-0.1, -0.05) is 25.1 Å². The fourth-order valence-corrected chi connectivity index (χ4v) is 4.20. The van der Waals surface area contributed by atoms with Crippen LogP contribution in [0.1, 0.15) is 36.6 Å².